The van der Waals surface area contributed by atoms with Crippen molar-refractivity contribution >= 4 is 0 Å². The molecule has 94 valence electrons. The lowest BCUT2D eigenvalue weighted by Crippen LogP contribution is -2.47. The highest BCUT2D eigenvalue weighted by Crippen LogP contribution is 2.35. The van der Waals surface area contributed by atoms with Crippen LogP contribution in [-0.4, -0.2) is 42.8 Å². The van der Waals surface area contributed by atoms with Crippen LogP contribution < -0.4 is 5.32 Å². The van der Waals surface area contributed by atoms with Crippen molar-refractivity contribution in [1.29, 1.82) is 0 Å². The van der Waals surface area contributed by atoms with Crippen molar-refractivity contribution in [1.82, 2.24) is 10.2 Å². The molecule has 0 spiro atoms. The Kier molecular flexibility index (Phi) is 3.45. The number of halogens is 3. The number of hydrogen-bond acceptors (Lipinski definition) is 2. The van der Waals surface area contributed by atoms with Gasteiger partial charge in [-0.05, 0) is 25.3 Å². The third kappa shape index (κ3) is 2.88. The molecule has 1 aliphatic heterocycles. The van der Waals surface area contributed by atoms with Crippen LogP contribution in [0.15, 0.2) is 0 Å². The van der Waals surface area contributed by atoms with Crippen LogP contribution in [-0.2, 0) is 0 Å². The molecule has 16 heavy (non-hydrogen) atoms. The molecular formula is C11H19F3N2. The number of nitrogens with one attached hydrogen (secondary N) is 1. The van der Waals surface area contributed by atoms with E-state index < -0.39 is 12.7 Å². The van der Waals surface area contributed by atoms with Gasteiger partial charge in [0.05, 0.1) is 6.54 Å². The first-order valence-corrected chi connectivity index (χ1v) is 6.04. The normalized spacial score (nSPS) is 31.3. The second kappa shape index (κ2) is 4.53. The fourth-order valence-electron chi connectivity index (χ4n) is 2.65. The van der Waals surface area contributed by atoms with E-state index in [0.29, 0.717) is 12.5 Å². The van der Waals surface area contributed by atoms with Crippen molar-refractivity contribution in [3.05, 3.63) is 0 Å². The Labute approximate surface area is 94.2 Å². The molecule has 0 aromatic carbocycles. The predicted molar refractivity (Wildman–Crippen MR) is 56.2 cm³/mol. The van der Waals surface area contributed by atoms with Crippen LogP contribution in [0.4, 0.5) is 13.2 Å². The molecular weight excluding hydrogens is 217 g/mol. The Morgan fingerprint density at radius 3 is 2.44 bits per heavy atom. The van der Waals surface area contributed by atoms with Crippen LogP contribution in [0.1, 0.15) is 26.2 Å². The van der Waals surface area contributed by atoms with E-state index in [1.54, 1.807) is 4.90 Å². The summed E-state index contributed by atoms with van der Waals surface area (Å²) in [5.74, 6) is 0.378. The zero-order chi connectivity index (χ0) is 11.8. The van der Waals surface area contributed by atoms with Crippen LogP contribution in [0, 0.1) is 5.92 Å². The van der Waals surface area contributed by atoms with Crippen LogP contribution in [0.5, 0.6) is 0 Å². The molecule has 0 amide bonds. The standard InChI is InChI=1S/C11H19F3N2/c1-2-8-5-15-6-10(8)16(9-3-4-9)7-11(12,13)14/h8-10,15H,2-7H2,1H3. The molecule has 1 saturated heterocycles. The van der Waals surface area contributed by atoms with E-state index >= 15 is 0 Å². The third-order valence-electron chi connectivity index (χ3n) is 3.63. The third-order valence-corrected chi connectivity index (χ3v) is 3.63. The zero-order valence-corrected chi connectivity index (χ0v) is 9.56. The van der Waals surface area contributed by atoms with E-state index in [0.717, 1.165) is 25.8 Å². The average molecular weight is 236 g/mol. The van der Waals surface area contributed by atoms with Crippen molar-refractivity contribution in [3.63, 3.8) is 0 Å². The molecule has 1 heterocycles. The fraction of sp³-hybridized carbons (Fsp3) is 1.00. The van der Waals surface area contributed by atoms with Gasteiger partial charge in [0.1, 0.15) is 0 Å². The van der Waals surface area contributed by atoms with Gasteiger partial charge in [-0.25, -0.2) is 0 Å². The summed E-state index contributed by atoms with van der Waals surface area (Å²) in [6, 6.07) is 0.264. The highest BCUT2D eigenvalue weighted by atomic mass is 19.4. The van der Waals surface area contributed by atoms with Crippen molar-refractivity contribution < 1.29 is 13.2 Å². The molecule has 0 radical (unpaired) electrons. The van der Waals surface area contributed by atoms with Crippen molar-refractivity contribution in [2.24, 2.45) is 5.92 Å². The summed E-state index contributed by atoms with van der Waals surface area (Å²) in [5, 5.41) is 3.21. The molecule has 2 rings (SSSR count). The van der Waals surface area contributed by atoms with Gasteiger partial charge in [0, 0.05) is 18.6 Å². The molecule has 2 atom stereocenters. The molecule has 1 N–H and O–H groups in total. The molecule has 1 aliphatic carbocycles. The quantitative estimate of drug-likeness (QED) is 0.803. The van der Waals surface area contributed by atoms with E-state index in [9.17, 15) is 13.2 Å². The van der Waals surface area contributed by atoms with E-state index in [4.69, 9.17) is 0 Å². The van der Waals surface area contributed by atoms with Gasteiger partial charge in [-0.15, -0.1) is 0 Å². The van der Waals surface area contributed by atoms with E-state index in [2.05, 4.69) is 12.2 Å². The average Bonchev–Trinajstić information content (AvgIpc) is 2.91. The van der Waals surface area contributed by atoms with Gasteiger partial charge in [-0.1, -0.05) is 13.3 Å². The van der Waals surface area contributed by atoms with Gasteiger partial charge in [0.2, 0.25) is 0 Å². The summed E-state index contributed by atoms with van der Waals surface area (Å²) in [5.41, 5.74) is 0. The summed E-state index contributed by atoms with van der Waals surface area (Å²) in [6.45, 7) is 2.90. The largest absolute Gasteiger partial charge is 0.401 e. The summed E-state index contributed by atoms with van der Waals surface area (Å²) < 4.78 is 37.5. The van der Waals surface area contributed by atoms with Crippen molar-refractivity contribution in [3.8, 4) is 0 Å². The lowest BCUT2D eigenvalue weighted by Gasteiger charge is -2.32. The van der Waals surface area contributed by atoms with Gasteiger partial charge in [-0.3, -0.25) is 4.90 Å². The summed E-state index contributed by atoms with van der Waals surface area (Å²) >= 11 is 0. The molecule has 0 aromatic rings. The Hall–Kier alpha value is -0.290. The second-order valence-electron chi connectivity index (χ2n) is 4.91. The molecule has 5 heteroatoms. The lowest BCUT2D eigenvalue weighted by atomic mass is 9.99. The lowest BCUT2D eigenvalue weighted by molar-refractivity contribution is -0.153. The highest BCUT2D eigenvalue weighted by Gasteiger charge is 2.44. The van der Waals surface area contributed by atoms with E-state index in [1.165, 1.54) is 0 Å². The number of rotatable bonds is 4. The minimum atomic E-state index is -4.07. The number of hydrogen-bond donors (Lipinski definition) is 1. The highest BCUT2D eigenvalue weighted by molar-refractivity contribution is 4.96. The Morgan fingerprint density at radius 2 is 1.94 bits per heavy atom. The van der Waals surface area contributed by atoms with Crippen LogP contribution >= 0.6 is 0 Å². The first-order valence-electron chi connectivity index (χ1n) is 6.04. The minimum absolute atomic E-state index is 0.0825. The summed E-state index contributed by atoms with van der Waals surface area (Å²) in [6.07, 6.45) is -1.24. The monoisotopic (exact) mass is 236 g/mol. The smallest absolute Gasteiger partial charge is 0.315 e. The van der Waals surface area contributed by atoms with Gasteiger partial charge < -0.3 is 5.32 Å². The predicted octanol–water partition coefficient (Wildman–Crippen LogP) is 2.01. The zero-order valence-electron chi connectivity index (χ0n) is 9.56. The van der Waals surface area contributed by atoms with E-state index in [1.807, 2.05) is 0 Å². The summed E-state index contributed by atoms with van der Waals surface area (Å²) in [4.78, 5) is 1.69. The maximum atomic E-state index is 12.5. The summed E-state index contributed by atoms with van der Waals surface area (Å²) in [7, 11) is 0. The maximum absolute atomic E-state index is 12.5. The van der Waals surface area contributed by atoms with Gasteiger partial charge in [-0.2, -0.15) is 13.2 Å². The van der Waals surface area contributed by atoms with Crippen LogP contribution in [0.25, 0.3) is 0 Å². The Balaban J connectivity index is 2.01. The minimum Gasteiger partial charge on any atom is -0.315 e. The first kappa shape index (κ1) is 12.2. The Bertz CT molecular complexity index is 238. The molecule has 0 aromatic heterocycles. The van der Waals surface area contributed by atoms with Gasteiger partial charge in [0.25, 0.3) is 0 Å². The topological polar surface area (TPSA) is 15.3 Å². The molecule has 2 nitrogen and oxygen atoms in total. The van der Waals surface area contributed by atoms with Crippen molar-refractivity contribution in [2.45, 2.75) is 44.4 Å². The van der Waals surface area contributed by atoms with Crippen LogP contribution in [0.2, 0.25) is 0 Å². The first-order chi connectivity index (χ1) is 7.51. The van der Waals surface area contributed by atoms with Crippen LogP contribution in [0.3, 0.4) is 0 Å². The maximum Gasteiger partial charge on any atom is 0.401 e. The molecule has 1 saturated carbocycles. The molecule has 2 fully saturated rings. The number of alkyl halides is 3. The fourth-order valence-corrected chi connectivity index (χ4v) is 2.65. The van der Waals surface area contributed by atoms with Gasteiger partial charge >= 0.3 is 6.18 Å². The number of nitrogens with zero attached hydrogens (tertiary/aromatic N) is 1. The van der Waals surface area contributed by atoms with Crippen molar-refractivity contribution in [2.75, 3.05) is 19.6 Å². The Morgan fingerprint density at radius 1 is 1.25 bits per heavy atom. The molecule has 2 aliphatic rings. The van der Waals surface area contributed by atoms with E-state index in [-0.39, 0.29) is 12.1 Å². The SMILES string of the molecule is CCC1CNCC1N(CC(F)(F)F)C1CC1. The molecule has 2 unspecified atom stereocenters. The molecule has 0 bridgehead atoms. The second-order valence-corrected chi connectivity index (χ2v) is 4.91. The van der Waals surface area contributed by atoms with Gasteiger partial charge in [0.15, 0.2) is 0 Å².